The molecule has 2 rings (SSSR count). The Morgan fingerprint density at radius 3 is 1.64 bits per heavy atom. The molecule has 1 saturated carbocycles. The van der Waals surface area contributed by atoms with E-state index in [4.69, 9.17) is 23.3 Å². The maximum atomic E-state index is 13.0. The summed E-state index contributed by atoms with van der Waals surface area (Å²) in [5, 5.41) is 41.3. The number of allylic oxidation sites excluding steroid dienone is 5. The van der Waals surface area contributed by atoms with Gasteiger partial charge in [-0.15, -0.1) is 0 Å². The average molecular weight is 983 g/mol. The summed E-state index contributed by atoms with van der Waals surface area (Å²) in [6.45, 7) is 3.04. The average Bonchev–Trinajstić information content (AvgIpc) is 4.03. The van der Waals surface area contributed by atoms with Gasteiger partial charge in [0.05, 0.1) is 18.8 Å². The third kappa shape index (κ3) is 28.6. The maximum absolute atomic E-state index is 13.0. The van der Waals surface area contributed by atoms with Crippen molar-refractivity contribution < 1.29 is 81.6 Å². The van der Waals surface area contributed by atoms with Gasteiger partial charge in [-0.05, 0) is 70.6 Å². The molecule has 7 N–H and O–H groups in total. The van der Waals surface area contributed by atoms with Gasteiger partial charge >= 0.3 is 27.6 Å². The molecule has 0 aromatic heterocycles. The lowest BCUT2D eigenvalue weighted by molar-refractivity contribution is -0.216. The Morgan fingerprint density at radius 1 is 0.561 bits per heavy atom. The van der Waals surface area contributed by atoms with Gasteiger partial charge in [-0.2, -0.15) is 0 Å². The van der Waals surface area contributed by atoms with Gasteiger partial charge in [0.15, 0.2) is 6.10 Å². The lowest BCUT2D eigenvalue weighted by atomic mass is 9.85. The van der Waals surface area contributed by atoms with Crippen LogP contribution in [0.15, 0.2) is 36.5 Å². The molecule has 17 nitrogen and oxygen atoms in total. The lowest BCUT2D eigenvalue weighted by Crippen LogP contribution is -2.64. The minimum atomic E-state index is -5.37. The van der Waals surface area contributed by atoms with Crippen LogP contribution >= 0.6 is 15.6 Å². The summed E-state index contributed by atoms with van der Waals surface area (Å²) in [5.74, 6) is -1.23. The van der Waals surface area contributed by atoms with Crippen LogP contribution < -0.4 is 0 Å². The van der Waals surface area contributed by atoms with E-state index in [1.807, 2.05) is 0 Å². The lowest BCUT2D eigenvalue weighted by Gasteiger charge is -2.43. The van der Waals surface area contributed by atoms with Crippen LogP contribution in [0.3, 0.4) is 0 Å². The number of unbranched alkanes of at least 4 members (excludes halogenated alkanes) is 17. The number of aliphatic hydroxyl groups excluding tert-OH is 4. The molecule has 66 heavy (non-hydrogen) atoms. The summed E-state index contributed by atoms with van der Waals surface area (Å²) >= 11 is 0. The van der Waals surface area contributed by atoms with E-state index in [0.29, 0.717) is 25.0 Å². The molecule has 0 spiro atoms. The van der Waals surface area contributed by atoms with Crippen molar-refractivity contribution in [3.8, 4) is 0 Å². The SMILES string of the molecule is CCCCC/C=C\C/C=C\CCCCCCCCCC(=O)OC[C@H](COP(=O)(O)O[C@H]1C(O)C(O)C(O)[C@@H](OP(=O)(O)O)C1O)OC(=O)CCCCCCC/C=C\CC1OC1CCCCC. The van der Waals surface area contributed by atoms with Crippen LogP contribution in [0.25, 0.3) is 0 Å². The molecular formula is C47H84O17P2. The maximum Gasteiger partial charge on any atom is 0.472 e. The molecule has 0 aromatic carbocycles. The van der Waals surface area contributed by atoms with Gasteiger partial charge in [0.1, 0.15) is 43.2 Å². The van der Waals surface area contributed by atoms with Crippen molar-refractivity contribution in [3.63, 3.8) is 0 Å². The number of carbonyl (C=O) groups is 2. The van der Waals surface area contributed by atoms with E-state index in [-0.39, 0.29) is 12.8 Å². The van der Waals surface area contributed by atoms with Gasteiger partial charge in [-0.1, -0.05) is 134 Å². The highest BCUT2D eigenvalue weighted by atomic mass is 31.2. The Bertz CT molecular complexity index is 1490. The quantitative estimate of drug-likeness (QED) is 0.00997. The number of hydrogen-bond donors (Lipinski definition) is 7. The molecule has 7 unspecified atom stereocenters. The van der Waals surface area contributed by atoms with E-state index in [0.717, 1.165) is 103 Å². The van der Waals surface area contributed by atoms with Crippen molar-refractivity contribution in [2.24, 2.45) is 0 Å². The van der Waals surface area contributed by atoms with Crippen molar-refractivity contribution in [3.05, 3.63) is 36.5 Å². The summed E-state index contributed by atoms with van der Waals surface area (Å²) in [6.07, 6.45) is 24.0. The number of carbonyl (C=O) groups excluding carboxylic acids is 2. The molecular weight excluding hydrogens is 898 g/mol. The topological polar surface area (TPSA) is 269 Å². The van der Waals surface area contributed by atoms with Gasteiger partial charge in [0.25, 0.3) is 0 Å². The zero-order valence-corrected chi connectivity index (χ0v) is 41.4. The second-order valence-corrected chi connectivity index (χ2v) is 20.2. The predicted molar refractivity (Wildman–Crippen MR) is 250 cm³/mol. The number of aliphatic hydroxyl groups is 4. The summed E-state index contributed by atoms with van der Waals surface area (Å²) in [7, 11) is -10.7. The fraction of sp³-hybridized carbons (Fsp3) is 0.830. The van der Waals surface area contributed by atoms with Gasteiger partial charge in [0.2, 0.25) is 0 Å². The van der Waals surface area contributed by atoms with Crippen LogP contribution in [0.2, 0.25) is 0 Å². The first-order chi connectivity index (χ1) is 31.6. The van der Waals surface area contributed by atoms with Crippen LogP contribution in [0, 0.1) is 0 Å². The van der Waals surface area contributed by atoms with Crippen LogP contribution in [-0.2, 0) is 46.5 Å². The summed E-state index contributed by atoms with van der Waals surface area (Å²) in [5.41, 5.74) is 0. The zero-order valence-electron chi connectivity index (χ0n) is 39.6. The van der Waals surface area contributed by atoms with Gasteiger partial charge in [0, 0.05) is 12.8 Å². The molecule has 0 radical (unpaired) electrons. The minimum absolute atomic E-state index is 0.0215. The molecule has 2 fully saturated rings. The molecule has 19 heteroatoms. The Balaban J connectivity index is 1.78. The number of phosphoric ester groups is 2. The smallest absolute Gasteiger partial charge is 0.462 e. The Labute approximate surface area is 393 Å². The number of ether oxygens (including phenoxy) is 3. The molecule has 1 heterocycles. The molecule has 0 aromatic rings. The molecule has 0 bridgehead atoms. The van der Waals surface area contributed by atoms with Crippen LogP contribution in [0.5, 0.6) is 0 Å². The molecule has 1 aliphatic carbocycles. The Kier molecular flexibility index (Phi) is 32.3. The van der Waals surface area contributed by atoms with E-state index in [1.165, 1.54) is 38.5 Å². The first-order valence-corrected chi connectivity index (χ1v) is 27.7. The second kappa shape index (κ2) is 35.3. The number of rotatable bonds is 40. The van der Waals surface area contributed by atoms with E-state index >= 15 is 0 Å². The fourth-order valence-electron chi connectivity index (χ4n) is 7.65. The zero-order chi connectivity index (χ0) is 48.6. The normalized spacial score (nSPS) is 24.9. The predicted octanol–water partition coefficient (Wildman–Crippen LogP) is 8.50. The third-order valence-electron chi connectivity index (χ3n) is 11.6. The highest BCUT2D eigenvalue weighted by Gasteiger charge is 2.54. The van der Waals surface area contributed by atoms with Crippen molar-refractivity contribution in [1.29, 1.82) is 0 Å². The van der Waals surface area contributed by atoms with Crippen molar-refractivity contribution in [1.82, 2.24) is 0 Å². The molecule has 10 atom stereocenters. The highest BCUT2D eigenvalue weighted by Crippen LogP contribution is 2.49. The van der Waals surface area contributed by atoms with E-state index in [2.05, 4.69) is 54.8 Å². The van der Waals surface area contributed by atoms with E-state index in [9.17, 15) is 53.8 Å². The van der Waals surface area contributed by atoms with Crippen LogP contribution in [-0.4, -0.2) is 115 Å². The van der Waals surface area contributed by atoms with Crippen molar-refractivity contribution >= 4 is 27.6 Å². The first kappa shape index (κ1) is 60.3. The number of epoxide rings is 1. The van der Waals surface area contributed by atoms with Crippen LogP contribution in [0.1, 0.15) is 181 Å². The van der Waals surface area contributed by atoms with Crippen molar-refractivity contribution in [2.45, 2.75) is 236 Å². The summed E-state index contributed by atoms with van der Waals surface area (Å²) in [6, 6.07) is 0. The summed E-state index contributed by atoms with van der Waals surface area (Å²) in [4.78, 5) is 54.4. The monoisotopic (exact) mass is 983 g/mol. The first-order valence-electron chi connectivity index (χ1n) is 24.7. The number of phosphoric acid groups is 2. The highest BCUT2D eigenvalue weighted by molar-refractivity contribution is 7.47. The second-order valence-electron chi connectivity index (χ2n) is 17.6. The molecule has 1 saturated heterocycles. The standard InChI is InChI=1S/C47H84O17P2/c1-3-5-7-8-9-10-11-12-13-14-15-16-17-18-22-25-29-33-40(48)59-35-37(36-60-66(57,58)64-47-44(52)42(50)43(51)46(45(47)53)63-65(54,55)56)61-41(49)34-30-26-23-20-19-21-24-28-32-39-38(62-39)31-27-6-4-2/h9-10,12-13,24,28,37-39,42-47,50-53H,3-8,11,14-23,25-27,29-36H2,1-2H3,(H,57,58)(H2,54,55,56)/b10-9-,13-12-,28-24-/t37-,38?,39?,42?,43?,44?,45?,46-,47+/m1/s1. The Morgan fingerprint density at radius 2 is 1.06 bits per heavy atom. The summed E-state index contributed by atoms with van der Waals surface area (Å²) < 4.78 is 55.2. The third-order valence-corrected chi connectivity index (χ3v) is 13.1. The van der Waals surface area contributed by atoms with Crippen molar-refractivity contribution in [2.75, 3.05) is 13.2 Å². The van der Waals surface area contributed by atoms with E-state index in [1.54, 1.807) is 0 Å². The number of esters is 2. The minimum Gasteiger partial charge on any atom is -0.462 e. The van der Waals surface area contributed by atoms with Crippen LogP contribution in [0.4, 0.5) is 0 Å². The fourth-order valence-corrected chi connectivity index (χ4v) is 9.19. The molecule has 2 aliphatic rings. The number of hydrogen-bond acceptors (Lipinski definition) is 14. The Hall–Kier alpha value is -1.82. The van der Waals surface area contributed by atoms with Gasteiger partial charge in [-0.25, -0.2) is 9.13 Å². The van der Waals surface area contributed by atoms with E-state index < -0.39 is 83.5 Å². The van der Waals surface area contributed by atoms with Gasteiger partial charge < -0.3 is 49.3 Å². The molecule has 1 aliphatic heterocycles. The molecule has 384 valence electrons. The molecule has 0 amide bonds. The van der Waals surface area contributed by atoms with Gasteiger partial charge in [-0.3, -0.25) is 23.2 Å². The largest absolute Gasteiger partial charge is 0.472 e.